The number of carbonyl (C=O) groups excluding carboxylic acids is 2. The molecule has 0 radical (unpaired) electrons. The first kappa shape index (κ1) is 26.0. The van der Waals surface area contributed by atoms with E-state index in [2.05, 4.69) is 0 Å². The van der Waals surface area contributed by atoms with Crippen LogP contribution in [-0.2, 0) is 9.59 Å². The number of fused-ring (bicyclic) bond motifs is 1. The van der Waals surface area contributed by atoms with Crippen molar-refractivity contribution in [2.45, 2.75) is 19.9 Å². The molecule has 1 atom stereocenters. The molecule has 9 nitrogen and oxygen atoms in total. The van der Waals surface area contributed by atoms with Crippen LogP contribution in [0.5, 0.6) is 28.7 Å². The number of Topliss-reactive ketones (excluding diaryl/α,β-unsaturated/α-hetero) is 1. The fourth-order valence-electron chi connectivity index (χ4n) is 4.84. The first-order valence-electron chi connectivity index (χ1n) is 12.7. The maximum absolute atomic E-state index is 13.6. The second-order valence-corrected chi connectivity index (χ2v) is 8.76. The van der Waals surface area contributed by atoms with Gasteiger partial charge in [-0.1, -0.05) is 18.2 Å². The number of anilines is 1. The van der Waals surface area contributed by atoms with Gasteiger partial charge in [0.25, 0.3) is 11.7 Å². The molecule has 0 spiro atoms. The van der Waals surface area contributed by atoms with Gasteiger partial charge in [0, 0.05) is 23.4 Å². The highest BCUT2D eigenvalue weighted by Gasteiger charge is 2.48. The summed E-state index contributed by atoms with van der Waals surface area (Å²) in [7, 11) is 1.51. The molecule has 1 saturated heterocycles. The Bertz CT molecular complexity index is 1450. The monoisotopic (exact) mass is 531 g/mol. The highest BCUT2D eigenvalue weighted by Crippen LogP contribution is 2.47. The van der Waals surface area contributed by atoms with Crippen LogP contribution < -0.4 is 28.6 Å². The van der Waals surface area contributed by atoms with E-state index in [0.29, 0.717) is 66.4 Å². The summed E-state index contributed by atoms with van der Waals surface area (Å²) in [4.78, 5) is 28.6. The lowest BCUT2D eigenvalue weighted by atomic mass is 9.94. The Labute approximate surface area is 226 Å². The molecule has 3 aromatic carbocycles. The predicted octanol–water partition coefficient (Wildman–Crippen LogP) is 4.89. The quantitative estimate of drug-likeness (QED) is 0.249. The predicted molar refractivity (Wildman–Crippen MR) is 144 cm³/mol. The third kappa shape index (κ3) is 4.71. The number of aliphatic hydroxyl groups excluding tert-OH is 1. The molecule has 1 N–H and O–H groups in total. The number of aliphatic hydroxyl groups is 1. The summed E-state index contributed by atoms with van der Waals surface area (Å²) in [5.41, 5.74) is 1.11. The number of hydrogen-bond acceptors (Lipinski definition) is 8. The summed E-state index contributed by atoms with van der Waals surface area (Å²) >= 11 is 0. The molecule has 0 bridgehead atoms. The van der Waals surface area contributed by atoms with E-state index < -0.39 is 17.7 Å². The van der Waals surface area contributed by atoms with Crippen molar-refractivity contribution < 1.29 is 38.4 Å². The highest BCUT2D eigenvalue weighted by molar-refractivity contribution is 6.51. The first-order valence-corrected chi connectivity index (χ1v) is 12.7. The van der Waals surface area contributed by atoms with E-state index in [1.54, 1.807) is 60.7 Å². The van der Waals surface area contributed by atoms with Crippen molar-refractivity contribution in [2.75, 3.05) is 38.4 Å². The number of ketones is 1. The molecule has 9 heteroatoms. The number of benzene rings is 3. The summed E-state index contributed by atoms with van der Waals surface area (Å²) in [6, 6.07) is 16.1. The molecule has 0 aliphatic carbocycles. The molecule has 202 valence electrons. The molecule has 3 aromatic rings. The van der Waals surface area contributed by atoms with E-state index in [1.165, 1.54) is 12.0 Å². The lowest BCUT2D eigenvalue weighted by Crippen LogP contribution is -2.30. The van der Waals surface area contributed by atoms with Crippen molar-refractivity contribution in [1.82, 2.24) is 0 Å². The van der Waals surface area contributed by atoms with Crippen LogP contribution in [-0.4, -0.2) is 50.3 Å². The van der Waals surface area contributed by atoms with Gasteiger partial charge in [0.1, 0.15) is 36.2 Å². The van der Waals surface area contributed by atoms with E-state index in [1.807, 2.05) is 13.8 Å². The van der Waals surface area contributed by atoms with Crippen LogP contribution in [0.4, 0.5) is 5.69 Å². The standard InChI is InChI=1S/C30H29NO8/c1-4-36-19-11-12-21(24(17-19)37-5-2)28(32)26-27(20-8-6-7-9-22(20)35-3)31(30(34)29(26)33)18-10-13-23-25(16-18)39-15-14-38-23/h6-13,16-17,27,32H,4-5,14-15H2,1-3H3/b28-26+. The molecular formula is C30H29NO8. The summed E-state index contributed by atoms with van der Waals surface area (Å²) in [5.74, 6) is 0.338. The third-order valence-electron chi connectivity index (χ3n) is 6.50. The number of rotatable bonds is 8. The number of para-hydroxylation sites is 1. The van der Waals surface area contributed by atoms with Gasteiger partial charge >= 0.3 is 0 Å². The van der Waals surface area contributed by atoms with Crippen LogP contribution in [0.1, 0.15) is 31.0 Å². The van der Waals surface area contributed by atoms with Crippen LogP contribution >= 0.6 is 0 Å². The number of ether oxygens (including phenoxy) is 5. The topological polar surface area (TPSA) is 104 Å². The Morgan fingerprint density at radius 1 is 0.923 bits per heavy atom. The summed E-state index contributed by atoms with van der Waals surface area (Å²) in [6.07, 6.45) is 0. The van der Waals surface area contributed by atoms with Gasteiger partial charge in [-0.2, -0.15) is 0 Å². The van der Waals surface area contributed by atoms with Crippen molar-refractivity contribution in [1.29, 1.82) is 0 Å². The second-order valence-electron chi connectivity index (χ2n) is 8.76. The molecule has 0 aromatic heterocycles. The Kier molecular flexibility index (Phi) is 7.31. The lowest BCUT2D eigenvalue weighted by molar-refractivity contribution is -0.132. The molecule has 0 saturated carbocycles. The van der Waals surface area contributed by atoms with Crippen LogP contribution in [0, 0.1) is 0 Å². The van der Waals surface area contributed by atoms with Crippen LogP contribution in [0.25, 0.3) is 5.76 Å². The Morgan fingerprint density at radius 2 is 1.67 bits per heavy atom. The Hall–Kier alpha value is -4.66. The van der Waals surface area contributed by atoms with Gasteiger partial charge in [-0.3, -0.25) is 14.5 Å². The van der Waals surface area contributed by atoms with E-state index >= 15 is 0 Å². The minimum Gasteiger partial charge on any atom is -0.507 e. The second kappa shape index (κ2) is 11.0. The molecule has 39 heavy (non-hydrogen) atoms. The first-order chi connectivity index (χ1) is 19.0. The fourth-order valence-corrected chi connectivity index (χ4v) is 4.84. The van der Waals surface area contributed by atoms with Crippen LogP contribution in [0.2, 0.25) is 0 Å². The van der Waals surface area contributed by atoms with Gasteiger partial charge in [-0.15, -0.1) is 0 Å². The van der Waals surface area contributed by atoms with Crippen molar-refractivity contribution in [3.05, 3.63) is 77.4 Å². The number of hydrogen-bond donors (Lipinski definition) is 1. The van der Waals surface area contributed by atoms with Crippen molar-refractivity contribution in [2.24, 2.45) is 0 Å². The van der Waals surface area contributed by atoms with Crippen molar-refractivity contribution in [3.63, 3.8) is 0 Å². The average Bonchev–Trinajstić information content (AvgIpc) is 3.22. The molecule has 2 aliphatic heterocycles. The number of nitrogens with zero attached hydrogens (tertiary/aromatic N) is 1. The van der Waals surface area contributed by atoms with Gasteiger partial charge in [0.2, 0.25) is 0 Å². The summed E-state index contributed by atoms with van der Waals surface area (Å²) in [5, 5.41) is 11.7. The normalized spacial score (nSPS) is 17.7. The number of methoxy groups -OCH3 is 1. The van der Waals surface area contributed by atoms with E-state index in [4.69, 9.17) is 23.7 Å². The molecule has 1 amide bonds. The molecule has 1 fully saturated rings. The SMILES string of the molecule is CCOc1ccc(/C(O)=C2\C(=O)C(=O)N(c3ccc4c(c3)OCCO4)C2c2ccccc2OC)c(OCC)c1. The summed E-state index contributed by atoms with van der Waals surface area (Å²) < 4.78 is 28.3. The van der Waals surface area contributed by atoms with Gasteiger partial charge < -0.3 is 28.8 Å². The number of carbonyl (C=O) groups is 2. The minimum absolute atomic E-state index is 0.0931. The zero-order valence-electron chi connectivity index (χ0n) is 21.9. The van der Waals surface area contributed by atoms with Crippen LogP contribution in [0.3, 0.4) is 0 Å². The van der Waals surface area contributed by atoms with Crippen LogP contribution in [0.15, 0.2) is 66.2 Å². The zero-order chi connectivity index (χ0) is 27.5. The maximum atomic E-state index is 13.6. The van der Waals surface area contributed by atoms with Gasteiger partial charge in [0.05, 0.1) is 37.5 Å². The Balaban J connectivity index is 1.72. The zero-order valence-corrected chi connectivity index (χ0v) is 21.9. The number of amides is 1. The smallest absolute Gasteiger partial charge is 0.300 e. The fraction of sp³-hybridized carbons (Fsp3) is 0.267. The van der Waals surface area contributed by atoms with E-state index in [9.17, 15) is 14.7 Å². The van der Waals surface area contributed by atoms with Gasteiger partial charge in [0.15, 0.2) is 11.5 Å². The highest BCUT2D eigenvalue weighted by atomic mass is 16.6. The molecule has 5 rings (SSSR count). The average molecular weight is 532 g/mol. The Morgan fingerprint density at radius 3 is 2.41 bits per heavy atom. The largest absolute Gasteiger partial charge is 0.507 e. The van der Waals surface area contributed by atoms with Crippen molar-refractivity contribution >= 4 is 23.1 Å². The molecule has 2 heterocycles. The van der Waals surface area contributed by atoms with E-state index in [-0.39, 0.29) is 16.9 Å². The van der Waals surface area contributed by atoms with E-state index in [0.717, 1.165) is 0 Å². The van der Waals surface area contributed by atoms with Crippen molar-refractivity contribution in [3.8, 4) is 28.7 Å². The van der Waals surface area contributed by atoms with Gasteiger partial charge in [-0.05, 0) is 44.2 Å². The maximum Gasteiger partial charge on any atom is 0.300 e. The molecule has 1 unspecified atom stereocenters. The molecular weight excluding hydrogens is 502 g/mol. The van der Waals surface area contributed by atoms with Gasteiger partial charge in [-0.25, -0.2) is 0 Å². The summed E-state index contributed by atoms with van der Waals surface area (Å²) in [6.45, 7) is 5.22. The lowest BCUT2D eigenvalue weighted by Gasteiger charge is -2.28. The minimum atomic E-state index is -0.996. The molecule has 2 aliphatic rings. The third-order valence-corrected chi connectivity index (χ3v) is 6.50.